The number of hydrogen-bond acceptors (Lipinski definition) is 0. The summed E-state index contributed by atoms with van der Waals surface area (Å²) in [5.74, 6) is 0. The molecule has 0 bridgehead atoms. The van der Waals surface area contributed by atoms with E-state index in [-0.39, 0.29) is 0 Å². The van der Waals surface area contributed by atoms with E-state index in [1.807, 2.05) is 0 Å². The Hall–Kier alpha value is -0.260. The summed E-state index contributed by atoms with van der Waals surface area (Å²) in [5, 5.41) is 0. The van der Waals surface area contributed by atoms with Gasteiger partial charge in [0.2, 0.25) is 0 Å². The first-order valence-corrected chi connectivity index (χ1v) is 2.80. The maximum absolute atomic E-state index is 2.18. The molecule has 0 fully saturated rings. The highest BCUT2D eigenvalue weighted by molar-refractivity contribution is 4.78. The minimum Gasteiger partial charge on any atom is -0.0917 e. The summed E-state index contributed by atoms with van der Waals surface area (Å²) in [6.45, 7) is 4.14. The third-order valence-corrected chi connectivity index (χ3v) is 0.858. The lowest BCUT2D eigenvalue weighted by Crippen LogP contribution is -1.64. The summed E-state index contributed by atoms with van der Waals surface area (Å²) in [5.41, 5.74) is 0. The molecule has 0 nitrogen and oxygen atoms in total. The first kappa shape index (κ1) is 6.74. The zero-order chi connectivity index (χ0) is 5.54. The maximum atomic E-state index is 2.18. The van der Waals surface area contributed by atoms with Gasteiger partial charge in [-0.05, 0) is 26.2 Å². The summed E-state index contributed by atoms with van der Waals surface area (Å²) in [6, 6.07) is 0. The number of hydrogen-bond donors (Lipinski definition) is 0. The van der Waals surface area contributed by atoms with Crippen molar-refractivity contribution in [1.82, 2.24) is 0 Å². The molecule has 7 heavy (non-hydrogen) atoms. The van der Waals surface area contributed by atoms with Gasteiger partial charge < -0.3 is 0 Å². The highest BCUT2D eigenvalue weighted by Crippen LogP contribution is 1.92. The number of allylic oxidation sites excluding steroid dienone is 2. The minimum atomic E-state index is 1.20. The zero-order valence-corrected chi connectivity index (χ0v) is 5.15. The van der Waals surface area contributed by atoms with E-state index in [0.29, 0.717) is 0 Å². The van der Waals surface area contributed by atoms with Gasteiger partial charge in [-0.3, -0.25) is 0 Å². The molecule has 1 radical (unpaired) electrons. The highest BCUT2D eigenvalue weighted by atomic mass is 13.8. The highest BCUT2D eigenvalue weighted by Gasteiger charge is 1.73. The Bertz CT molecular complexity index is 44.0. The molecule has 0 aromatic rings. The molecule has 0 heteroatoms. The Morgan fingerprint density at radius 1 is 1.14 bits per heavy atom. The quantitative estimate of drug-likeness (QED) is 0.375. The standard InChI is InChI=1S/C7H13/c1-3-5-7-6-4-2/h3-5H,6-7H2,1-2H3. The van der Waals surface area contributed by atoms with Crippen molar-refractivity contribution < 1.29 is 0 Å². The molecule has 0 aromatic carbocycles. The van der Waals surface area contributed by atoms with Crippen molar-refractivity contribution in [2.24, 2.45) is 0 Å². The van der Waals surface area contributed by atoms with Gasteiger partial charge in [0.1, 0.15) is 0 Å². The summed E-state index contributed by atoms with van der Waals surface area (Å²) < 4.78 is 0. The second-order valence-corrected chi connectivity index (χ2v) is 1.55. The lowest BCUT2D eigenvalue weighted by atomic mass is 10.2. The lowest BCUT2D eigenvalue weighted by Gasteiger charge is -1.83. The van der Waals surface area contributed by atoms with Crippen LogP contribution in [-0.2, 0) is 0 Å². The average Bonchev–Trinajstić information content (AvgIpc) is 1.69. The largest absolute Gasteiger partial charge is 0.0917 e. The second kappa shape index (κ2) is 5.74. The molecule has 0 heterocycles. The van der Waals surface area contributed by atoms with Crippen LogP contribution in [0.25, 0.3) is 0 Å². The zero-order valence-electron chi connectivity index (χ0n) is 5.15. The van der Waals surface area contributed by atoms with Gasteiger partial charge in [-0.1, -0.05) is 19.1 Å². The van der Waals surface area contributed by atoms with E-state index in [2.05, 4.69) is 32.4 Å². The average molecular weight is 97.2 g/mol. The van der Waals surface area contributed by atoms with Crippen molar-refractivity contribution in [3.05, 3.63) is 18.6 Å². The molecule has 0 saturated heterocycles. The molecule has 0 spiro atoms. The fourth-order valence-electron chi connectivity index (χ4n) is 0.430. The summed E-state index contributed by atoms with van der Waals surface area (Å²) in [6.07, 6.45) is 8.86. The van der Waals surface area contributed by atoms with Crippen LogP contribution in [0.5, 0.6) is 0 Å². The first-order valence-electron chi connectivity index (χ1n) is 2.80. The predicted octanol–water partition coefficient (Wildman–Crippen LogP) is 2.57. The summed E-state index contributed by atoms with van der Waals surface area (Å²) in [4.78, 5) is 0. The minimum absolute atomic E-state index is 1.20. The fourth-order valence-corrected chi connectivity index (χ4v) is 0.430. The van der Waals surface area contributed by atoms with Crippen molar-refractivity contribution in [3.63, 3.8) is 0 Å². The van der Waals surface area contributed by atoms with E-state index in [9.17, 15) is 0 Å². The lowest BCUT2D eigenvalue weighted by molar-refractivity contribution is 0.972. The molecule has 0 unspecified atom stereocenters. The van der Waals surface area contributed by atoms with Crippen LogP contribution in [0.4, 0.5) is 0 Å². The first-order chi connectivity index (χ1) is 3.41. The Morgan fingerprint density at radius 2 is 1.86 bits per heavy atom. The van der Waals surface area contributed by atoms with Crippen LogP contribution in [0.15, 0.2) is 12.2 Å². The van der Waals surface area contributed by atoms with Crippen molar-refractivity contribution >= 4 is 0 Å². The van der Waals surface area contributed by atoms with Gasteiger partial charge in [-0.15, -0.1) is 0 Å². The van der Waals surface area contributed by atoms with Gasteiger partial charge in [0.25, 0.3) is 0 Å². The van der Waals surface area contributed by atoms with Gasteiger partial charge in [-0.25, -0.2) is 0 Å². The monoisotopic (exact) mass is 97.1 g/mol. The topological polar surface area (TPSA) is 0 Å². The fraction of sp³-hybridized carbons (Fsp3) is 0.571. The molecule has 0 aliphatic heterocycles. The molecule has 0 atom stereocenters. The predicted molar refractivity (Wildman–Crippen MR) is 34.0 cm³/mol. The Labute approximate surface area is 46.2 Å². The van der Waals surface area contributed by atoms with E-state index in [1.165, 1.54) is 12.8 Å². The Balaban J connectivity index is 2.69. The van der Waals surface area contributed by atoms with Gasteiger partial charge >= 0.3 is 0 Å². The number of rotatable bonds is 3. The van der Waals surface area contributed by atoms with Gasteiger partial charge in [0, 0.05) is 0 Å². The normalized spacial score (nSPS) is 10.6. The number of unbranched alkanes of at least 4 members (excludes halogenated alkanes) is 2. The molecular weight excluding hydrogens is 84.1 g/mol. The van der Waals surface area contributed by atoms with Crippen LogP contribution in [0.1, 0.15) is 26.7 Å². The maximum Gasteiger partial charge on any atom is -0.0348 e. The summed E-state index contributed by atoms with van der Waals surface area (Å²) >= 11 is 0. The van der Waals surface area contributed by atoms with Crippen LogP contribution in [-0.4, -0.2) is 0 Å². The van der Waals surface area contributed by atoms with Crippen molar-refractivity contribution in [1.29, 1.82) is 0 Å². The molecule has 0 rings (SSSR count). The Kier molecular flexibility index (Phi) is 5.53. The molecule has 0 aromatic heterocycles. The molecule has 0 amide bonds. The van der Waals surface area contributed by atoms with E-state index < -0.39 is 0 Å². The van der Waals surface area contributed by atoms with Gasteiger partial charge in [0.15, 0.2) is 0 Å². The van der Waals surface area contributed by atoms with Crippen molar-refractivity contribution in [2.45, 2.75) is 26.7 Å². The smallest absolute Gasteiger partial charge is 0.0348 e. The van der Waals surface area contributed by atoms with Crippen LogP contribution < -0.4 is 0 Å². The SMILES string of the molecule is C[CH]CCC=CC. The third-order valence-electron chi connectivity index (χ3n) is 0.858. The van der Waals surface area contributed by atoms with Crippen LogP contribution in [0, 0.1) is 6.42 Å². The second-order valence-electron chi connectivity index (χ2n) is 1.55. The van der Waals surface area contributed by atoms with E-state index >= 15 is 0 Å². The van der Waals surface area contributed by atoms with E-state index in [4.69, 9.17) is 0 Å². The molecule has 0 saturated carbocycles. The third kappa shape index (κ3) is 5.74. The van der Waals surface area contributed by atoms with E-state index in [1.54, 1.807) is 0 Å². The molecular formula is C7H13. The van der Waals surface area contributed by atoms with Gasteiger partial charge in [-0.2, -0.15) is 0 Å². The van der Waals surface area contributed by atoms with Crippen molar-refractivity contribution in [2.75, 3.05) is 0 Å². The van der Waals surface area contributed by atoms with Gasteiger partial charge in [0.05, 0.1) is 0 Å². The van der Waals surface area contributed by atoms with Crippen LogP contribution in [0.2, 0.25) is 0 Å². The van der Waals surface area contributed by atoms with Crippen molar-refractivity contribution in [3.8, 4) is 0 Å². The van der Waals surface area contributed by atoms with Crippen LogP contribution in [0.3, 0.4) is 0 Å². The Morgan fingerprint density at radius 3 is 2.29 bits per heavy atom. The molecule has 0 aliphatic rings. The van der Waals surface area contributed by atoms with Crippen LogP contribution >= 0.6 is 0 Å². The molecule has 41 valence electrons. The molecule has 0 aliphatic carbocycles. The van der Waals surface area contributed by atoms with E-state index in [0.717, 1.165) is 0 Å². The summed E-state index contributed by atoms with van der Waals surface area (Å²) in [7, 11) is 0. The molecule has 0 N–H and O–H groups in total.